The molecule has 0 radical (unpaired) electrons. The lowest BCUT2D eigenvalue weighted by Gasteiger charge is -2.34. The summed E-state index contributed by atoms with van der Waals surface area (Å²) in [5.74, 6) is -2.00. The molecule has 3 aromatic rings. The Kier molecular flexibility index (Phi) is 7.45. The van der Waals surface area contributed by atoms with Crippen LogP contribution in [0.25, 0.3) is 0 Å². The van der Waals surface area contributed by atoms with E-state index in [2.05, 4.69) is 31.9 Å². The maximum Gasteiger partial charge on any atom is 0.340 e. The molecule has 3 aromatic carbocycles. The van der Waals surface area contributed by atoms with E-state index >= 15 is 0 Å². The Hall–Kier alpha value is -2.84. The lowest BCUT2D eigenvalue weighted by Crippen LogP contribution is -2.31. The van der Waals surface area contributed by atoms with E-state index in [4.69, 9.17) is 4.74 Å². The number of carboxylic acids is 1. The van der Waals surface area contributed by atoms with Crippen LogP contribution in [-0.4, -0.2) is 27.3 Å². The van der Waals surface area contributed by atoms with Crippen LogP contribution in [0.15, 0.2) is 39.3 Å². The third kappa shape index (κ3) is 4.05. The van der Waals surface area contributed by atoms with Gasteiger partial charge in [0.2, 0.25) is 0 Å². The van der Waals surface area contributed by atoms with Gasteiger partial charge < -0.3 is 20.1 Å². The van der Waals surface area contributed by atoms with Crippen LogP contribution in [0.5, 0.6) is 11.5 Å². The maximum absolute atomic E-state index is 13.4. The standard InChI is InChI=1S/C29H28Br2O6/c1-5-14-12-21(25(32)17(7-3)23(14)30)29(22-13-15(6-2)24(31)18(8-4)26(22)33)20-10-9-16(27(34)35)11-19(20)28(36)37-29/h9-13,32-33H,5-8H2,1-4H3,(H,34,35). The largest absolute Gasteiger partial charge is 0.507 e. The molecule has 194 valence electrons. The zero-order chi connectivity index (χ0) is 27.2. The molecule has 1 aliphatic rings. The topological polar surface area (TPSA) is 104 Å². The Balaban J connectivity index is 2.23. The summed E-state index contributed by atoms with van der Waals surface area (Å²) in [5, 5.41) is 32.8. The quantitative estimate of drug-likeness (QED) is 0.242. The first-order valence-electron chi connectivity index (χ1n) is 12.3. The number of esters is 1. The number of cyclic esters (lactones) is 1. The molecule has 4 rings (SSSR count). The normalized spacial score (nSPS) is 13.9. The summed E-state index contributed by atoms with van der Waals surface area (Å²) in [7, 11) is 0. The molecule has 0 aliphatic carbocycles. The molecule has 1 heterocycles. The molecule has 0 atom stereocenters. The molecular weight excluding hydrogens is 604 g/mol. The molecule has 0 bridgehead atoms. The summed E-state index contributed by atoms with van der Waals surface area (Å²) < 4.78 is 7.74. The highest BCUT2D eigenvalue weighted by Crippen LogP contribution is 2.55. The van der Waals surface area contributed by atoms with Crippen LogP contribution in [0.4, 0.5) is 0 Å². The van der Waals surface area contributed by atoms with Crippen molar-refractivity contribution >= 4 is 43.8 Å². The van der Waals surface area contributed by atoms with Gasteiger partial charge in [-0.25, -0.2) is 9.59 Å². The molecule has 0 spiro atoms. The minimum absolute atomic E-state index is 0.0482. The van der Waals surface area contributed by atoms with Gasteiger partial charge in [-0.3, -0.25) is 0 Å². The highest BCUT2D eigenvalue weighted by Gasteiger charge is 2.52. The number of phenolic OH excluding ortho intramolecular Hbond substituents is 2. The molecule has 0 unspecified atom stereocenters. The summed E-state index contributed by atoms with van der Waals surface area (Å²) in [6.07, 6.45) is 2.30. The highest BCUT2D eigenvalue weighted by molar-refractivity contribution is 9.10. The van der Waals surface area contributed by atoms with Crippen molar-refractivity contribution in [1.82, 2.24) is 0 Å². The third-order valence-corrected chi connectivity index (χ3v) is 9.13. The van der Waals surface area contributed by atoms with Crippen LogP contribution >= 0.6 is 31.9 Å². The van der Waals surface area contributed by atoms with E-state index in [0.717, 1.165) is 20.1 Å². The molecule has 0 saturated carbocycles. The zero-order valence-corrected chi connectivity index (χ0v) is 24.2. The Morgan fingerprint density at radius 1 is 0.811 bits per heavy atom. The Labute approximate surface area is 232 Å². The number of benzene rings is 3. The molecule has 37 heavy (non-hydrogen) atoms. The van der Waals surface area contributed by atoms with E-state index < -0.39 is 17.5 Å². The molecule has 0 saturated heterocycles. The van der Waals surface area contributed by atoms with Gasteiger partial charge in [-0.15, -0.1) is 0 Å². The Morgan fingerprint density at radius 2 is 1.30 bits per heavy atom. The second-order valence-corrected chi connectivity index (χ2v) is 10.6. The van der Waals surface area contributed by atoms with Gasteiger partial charge in [0.25, 0.3) is 0 Å². The number of carboxylic acid groups (broad SMARTS) is 1. The number of carbonyl (C=O) groups excluding carboxylic acids is 1. The summed E-state index contributed by atoms with van der Waals surface area (Å²) in [4.78, 5) is 25.1. The number of ether oxygens (including phenoxy) is 1. The molecular formula is C29H28Br2O6. The lowest BCUT2D eigenvalue weighted by atomic mass is 9.76. The number of halogens is 2. The first kappa shape index (κ1) is 27.2. The molecule has 0 aromatic heterocycles. The van der Waals surface area contributed by atoms with Gasteiger partial charge in [-0.05, 0) is 61.1 Å². The van der Waals surface area contributed by atoms with Crippen molar-refractivity contribution in [2.45, 2.75) is 59.0 Å². The van der Waals surface area contributed by atoms with Crippen molar-refractivity contribution in [2.75, 3.05) is 0 Å². The van der Waals surface area contributed by atoms with E-state index in [1.807, 2.05) is 27.7 Å². The van der Waals surface area contributed by atoms with Crippen LogP contribution in [0.2, 0.25) is 0 Å². The minimum Gasteiger partial charge on any atom is -0.507 e. The fraction of sp³-hybridized carbons (Fsp3) is 0.310. The number of aromatic carboxylic acids is 1. The number of hydrogen-bond donors (Lipinski definition) is 3. The number of aryl methyl sites for hydroxylation is 2. The molecule has 1 aliphatic heterocycles. The average molecular weight is 632 g/mol. The van der Waals surface area contributed by atoms with E-state index in [0.29, 0.717) is 53.5 Å². The summed E-state index contributed by atoms with van der Waals surface area (Å²) in [6, 6.07) is 7.83. The van der Waals surface area contributed by atoms with Crippen LogP contribution < -0.4 is 0 Å². The zero-order valence-electron chi connectivity index (χ0n) is 21.0. The first-order valence-corrected chi connectivity index (χ1v) is 13.8. The SMILES string of the molecule is CCc1cc(C2(c3cc(CC)c(Br)c(CC)c3O)OC(=O)c3cc(C(=O)O)ccc32)c(O)c(CC)c1Br. The summed E-state index contributed by atoms with van der Waals surface area (Å²) in [6.45, 7) is 7.82. The smallest absolute Gasteiger partial charge is 0.340 e. The number of hydrogen-bond acceptors (Lipinski definition) is 5. The van der Waals surface area contributed by atoms with Gasteiger partial charge in [0.15, 0.2) is 5.60 Å². The van der Waals surface area contributed by atoms with Gasteiger partial charge in [-0.1, -0.05) is 65.6 Å². The molecule has 0 amide bonds. The monoisotopic (exact) mass is 630 g/mol. The number of fused-ring (bicyclic) bond motifs is 1. The number of phenols is 2. The van der Waals surface area contributed by atoms with Gasteiger partial charge in [-0.2, -0.15) is 0 Å². The van der Waals surface area contributed by atoms with Crippen molar-refractivity contribution in [3.05, 3.63) is 89.3 Å². The van der Waals surface area contributed by atoms with E-state index in [9.17, 15) is 24.9 Å². The fourth-order valence-corrected chi connectivity index (χ4v) is 6.90. The third-order valence-electron chi connectivity index (χ3n) is 7.15. The molecule has 8 heteroatoms. The number of carbonyl (C=O) groups is 2. The van der Waals surface area contributed by atoms with Gasteiger partial charge >= 0.3 is 11.9 Å². The van der Waals surface area contributed by atoms with Crippen molar-refractivity contribution < 1.29 is 29.6 Å². The van der Waals surface area contributed by atoms with Crippen molar-refractivity contribution in [2.24, 2.45) is 0 Å². The predicted octanol–water partition coefficient (Wildman–Crippen LogP) is 7.03. The molecule has 3 N–H and O–H groups in total. The minimum atomic E-state index is -1.69. The Morgan fingerprint density at radius 3 is 1.70 bits per heavy atom. The average Bonchev–Trinajstić information content (AvgIpc) is 3.17. The van der Waals surface area contributed by atoms with Crippen molar-refractivity contribution in [3.8, 4) is 11.5 Å². The highest BCUT2D eigenvalue weighted by atomic mass is 79.9. The first-order chi connectivity index (χ1) is 17.6. The van der Waals surface area contributed by atoms with E-state index in [-0.39, 0.29) is 22.6 Å². The van der Waals surface area contributed by atoms with Crippen molar-refractivity contribution in [1.29, 1.82) is 0 Å². The summed E-state index contributed by atoms with van der Waals surface area (Å²) in [5.41, 5.74) is 2.45. The number of rotatable bonds is 7. The molecule has 6 nitrogen and oxygen atoms in total. The van der Waals surface area contributed by atoms with Gasteiger partial charge in [0.05, 0.1) is 11.1 Å². The second-order valence-electron chi connectivity index (χ2n) is 9.00. The predicted molar refractivity (Wildman–Crippen MR) is 148 cm³/mol. The maximum atomic E-state index is 13.4. The van der Waals surface area contributed by atoms with Crippen LogP contribution in [0.1, 0.15) is 87.4 Å². The fourth-order valence-electron chi connectivity index (χ4n) is 5.18. The number of aromatic hydroxyl groups is 2. The molecule has 0 fully saturated rings. The summed E-state index contributed by atoms with van der Waals surface area (Å²) >= 11 is 7.24. The van der Waals surface area contributed by atoms with Crippen molar-refractivity contribution in [3.63, 3.8) is 0 Å². The lowest BCUT2D eigenvalue weighted by molar-refractivity contribution is 0.0238. The van der Waals surface area contributed by atoms with Gasteiger partial charge in [0, 0.05) is 36.8 Å². The Bertz CT molecular complexity index is 1380. The van der Waals surface area contributed by atoms with Crippen LogP contribution in [0.3, 0.4) is 0 Å². The van der Waals surface area contributed by atoms with Crippen LogP contribution in [0, 0.1) is 0 Å². The van der Waals surface area contributed by atoms with E-state index in [1.54, 1.807) is 18.2 Å². The van der Waals surface area contributed by atoms with Gasteiger partial charge in [0.1, 0.15) is 11.5 Å². The van der Waals surface area contributed by atoms with Crippen LogP contribution in [-0.2, 0) is 36.0 Å². The van der Waals surface area contributed by atoms with E-state index in [1.165, 1.54) is 12.1 Å². The second kappa shape index (κ2) is 10.1.